The van der Waals surface area contributed by atoms with Crippen LogP contribution >= 0.6 is 24.0 Å². The summed E-state index contributed by atoms with van der Waals surface area (Å²) in [5, 5.41) is 0.743. The summed E-state index contributed by atoms with van der Waals surface area (Å²) in [6, 6.07) is 3.93. The van der Waals surface area contributed by atoms with Crippen LogP contribution in [-0.2, 0) is 0 Å². The molecule has 0 unspecified atom stereocenters. The van der Waals surface area contributed by atoms with Gasteiger partial charge in [0.2, 0.25) is 0 Å². The Morgan fingerprint density at radius 1 is 1.50 bits per heavy atom. The van der Waals surface area contributed by atoms with E-state index in [1.165, 1.54) is 0 Å². The van der Waals surface area contributed by atoms with Gasteiger partial charge in [0.05, 0.1) is 6.61 Å². The van der Waals surface area contributed by atoms with Gasteiger partial charge in [-0.25, -0.2) is 0 Å². The summed E-state index contributed by atoms with van der Waals surface area (Å²) in [5.41, 5.74) is 8.01. The molecular formula is C10H13Cl2NO. The van der Waals surface area contributed by atoms with Crippen LogP contribution in [0.5, 0.6) is 5.75 Å². The number of halogens is 2. The Bertz CT molecular complexity index is 341. The molecule has 0 spiro atoms. The van der Waals surface area contributed by atoms with E-state index in [1.54, 1.807) is 0 Å². The number of fused-ring (bicyclic) bond motifs is 1. The first-order valence-electron chi connectivity index (χ1n) is 4.37. The molecule has 1 aromatic rings. The molecule has 78 valence electrons. The summed E-state index contributed by atoms with van der Waals surface area (Å²) >= 11 is 5.97. The third-order valence-corrected chi connectivity index (χ3v) is 2.85. The van der Waals surface area contributed by atoms with E-state index in [-0.39, 0.29) is 18.4 Å². The van der Waals surface area contributed by atoms with Crippen molar-refractivity contribution in [1.29, 1.82) is 0 Å². The first-order chi connectivity index (χ1) is 6.20. The van der Waals surface area contributed by atoms with Crippen molar-refractivity contribution in [3.05, 3.63) is 28.3 Å². The van der Waals surface area contributed by atoms with E-state index in [0.29, 0.717) is 6.61 Å². The van der Waals surface area contributed by atoms with Gasteiger partial charge in [0, 0.05) is 28.6 Å². The average molecular weight is 234 g/mol. The van der Waals surface area contributed by atoms with Crippen molar-refractivity contribution in [3.63, 3.8) is 0 Å². The molecule has 2 rings (SSSR count). The molecule has 1 aliphatic heterocycles. The van der Waals surface area contributed by atoms with E-state index in [2.05, 4.69) is 0 Å². The zero-order valence-corrected chi connectivity index (χ0v) is 9.49. The molecule has 0 aromatic heterocycles. The fraction of sp³-hybridized carbons (Fsp3) is 0.400. The minimum atomic E-state index is 0. The van der Waals surface area contributed by atoms with Gasteiger partial charge in [-0.05, 0) is 13.0 Å². The minimum absolute atomic E-state index is 0. The van der Waals surface area contributed by atoms with E-state index in [9.17, 15) is 0 Å². The van der Waals surface area contributed by atoms with E-state index < -0.39 is 0 Å². The second kappa shape index (κ2) is 4.39. The lowest BCUT2D eigenvalue weighted by atomic mass is 9.99. The predicted octanol–water partition coefficient (Wildman–Crippen LogP) is 2.85. The van der Waals surface area contributed by atoms with E-state index in [0.717, 1.165) is 28.3 Å². The number of benzene rings is 1. The lowest BCUT2D eigenvalue weighted by Crippen LogP contribution is -2.21. The predicted molar refractivity (Wildman–Crippen MR) is 60.5 cm³/mol. The highest BCUT2D eigenvalue weighted by molar-refractivity contribution is 6.31. The normalized spacial score (nSPS) is 19.2. The van der Waals surface area contributed by atoms with Crippen molar-refractivity contribution in [1.82, 2.24) is 0 Å². The maximum Gasteiger partial charge on any atom is 0.128 e. The van der Waals surface area contributed by atoms with Gasteiger partial charge in [0.15, 0.2) is 0 Å². The summed E-state index contributed by atoms with van der Waals surface area (Å²) < 4.78 is 5.54. The molecule has 14 heavy (non-hydrogen) atoms. The maximum absolute atomic E-state index is 5.97. The Balaban J connectivity index is 0.000000980. The van der Waals surface area contributed by atoms with Gasteiger partial charge in [-0.15, -0.1) is 12.4 Å². The number of hydrogen-bond acceptors (Lipinski definition) is 2. The summed E-state index contributed by atoms with van der Waals surface area (Å²) in [7, 11) is 0. The third kappa shape index (κ3) is 1.83. The van der Waals surface area contributed by atoms with Gasteiger partial charge in [-0.1, -0.05) is 17.7 Å². The summed E-state index contributed by atoms with van der Waals surface area (Å²) in [6.45, 7) is 2.65. The quantitative estimate of drug-likeness (QED) is 0.749. The lowest BCUT2D eigenvalue weighted by molar-refractivity contribution is 0.267. The highest BCUT2D eigenvalue weighted by Gasteiger charge is 2.20. The molecule has 0 saturated carbocycles. The van der Waals surface area contributed by atoms with Crippen LogP contribution in [0.2, 0.25) is 5.02 Å². The highest BCUT2D eigenvalue weighted by Crippen LogP contribution is 2.36. The number of hydrogen-bond donors (Lipinski definition) is 1. The van der Waals surface area contributed by atoms with Crippen molar-refractivity contribution >= 4 is 24.0 Å². The molecular weight excluding hydrogens is 221 g/mol. The molecule has 1 heterocycles. The van der Waals surface area contributed by atoms with E-state index in [1.807, 2.05) is 19.1 Å². The van der Waals surface area contributed by atoms with Crippen molar-refractivity contribution in [2.75, 3.05) is 6.61 Å². The SMILES string of the molecule is Cc1c(Cl)ccc2c1OCC[C@H]2N.Cl. The molecule has 0 fully saturated rings. The molecule has 2 N–H and O–H groups in total. The van der Waals surface area contributed by atoms with Crippen LogP contribution in [0.3, 0.4) is 0 Å². The largest absolute Gasteiger partial charge is 0.493 e. The Labute approximate surface area is 94.8 Å². The number of nitrogens with two attached hydrogens (primary N) is 1. The summed E-state index contributed by atoms with van der Waals surface area (Å²) in [5.74, 6) is 0.881. The Morgan fingerprint density at radius 2 is 2.21 bits per heavy atom. The molecule has 0 radical (unpaired) electrons. The first-order valence-corrected chi connectivity index (χ1v) is 4.75. The average Bonchev–Trinajstić information content (AvgIpc) is 2.12. The smallest absolute Gasteiger partial charge is 0.128 e. The van der Waals surface area contributed by atoms with Crippen LogP contribution in [0.25, 0.3) is 0 Å². The van der Waals surface area contributed by atoms with Crippen LogP contribution in [0.1, 0.15) is 23.6 Å². The fourth-order valence-corrected chi connectivity index (χ4v) is 1.76. The van der Waals surface area contributed by atoms with Gasteiger partial charge in [-0.2, -0.15) is 0 Å². The highest BCUT2D eigenvalue weighted by atomic mass is 35.5. The second-order valence-corrected chi connectivity index (χ2v) is 3.74. The van der Waals surface area contributed by atoms with Gasteiger partial charge in [0.1, 0.15) is 5.75 Å². The number of rotatable bonds is 0. The Morgan fingerprint density at radius 3 is 2.93 bits per heavy atom. The summed E-state index contributed by atoms with van der Waals surface area (Å²) in [6.07, 6.45) is 0.883. The van der Waals surface area contributed by atoms with E-state index in [4.69, 9.17) is 22.1 Å². The lowest BCUT2D eigenvalue weighted by Gasteiger charge is -2.24. The minimum Gasteiger partial charge on any atom is -0.493 e. The summed E-state index contributed by atoms with van der Waals surface area (Å²) in [4.78, 5) is 0. The molecule has 2 nitrogen and oxygen atoms in total. The van der Waals surface area contributed by atoms with Gasteiger partial charge >= 0.3 is 0 Å². The van der Waals surface area contributed by atoms with Crippen molar-refractivity contribution in [3.8, 4) is 5.75 Å². The molecule has 1 aromatic carbocycles. The van der Waals surface area contributed by atoms with Crippen LogP contribution in [-0.4, -0.2) is 6.61 Å². The topological polar surface area (TPSA) is 35.2 Å². The Kier molecular flexibility index (Phi) is 3.65. The molecule has 1 aliphatic rings. The van der Waals surface area contributed by atoms with Crippen LogP contribution < -0.4 is 10.5 Å². The van der Waals surface area contributed by atoms with Gasteiger partial charge in [0.25, 0.3) is 0 Å². The first kappa shape index (κ1) is 11.6. The fourth-order valence-electron chi connectivity index (χ4n) is 1.62. The Hall–Kier alpha value is -0.440. The van der Waals surface area contributed by atoms with Gasteiger partial charge < -0.3 is 10.5 Å². The van der Waals surface area contributed by atoms with Crippen molar-refractivity contribution < 1.29 is 4.74 Å². The van der Waals surface area contributed by atoms with Crippen molar-refractivity contribution in [2.45, 2.75) is 19.4 Å². The van der Waals surface area contributed by atoms with E-state index >= 15 is 0 Å². The molecule has 0 bridgehead atoms. The molecule has 0 saturated heterocycles. The third-order valence-electron chi connectivity index (χ3n) is 2.44. The van der Waals surface area contributed by atoms with Crippen molar-refractivity contribution in [2.24, 2.45) is 5.73 Å². The zero-order valence-electron chi connectivity index (χ0n) is 7.92. The number of ether oxygens (including phenoxy) is 1. The standard InChI is InChI=1S/C10H12ClNO.ClH/c1-6-8(11)3-2-7-9(12)4-5-13-10(6)7;/h2-3,9H,4-5,12H2,1H3;1H/t9-;/m1./s1. The maximum atomic E-state index is 5.97. The molecule has 0 amide bonds. The molecule has 0 aliphatic carbocycles. The van der Waals surface area contributed by atoms with Crippen LogP contribution in [0.15, 0.2) is 12.1 Å². The zero-order chi connectivity index (χ0) is 9.42. The molecule has 4 heteroatoms. The van der Waals surface area contributed by atoms with Crippen LogP contribution in [0.4, 0.5) is 0 Å². The second-order valence-electron chi connectivity index (χ2n) is 3.33. The molecule has 1 atom stereocenters. The van der Waals surface area contributed by atoms with Crippen LogP contribution in [0, 0.1) is 6.92 Å². The monoisotopic (exact) mass is 233 g/mol. The van der Waals surface area contributed by atoms with Gasteiger partial charge in [-0.3, -0.25) is 0 Å².